The second-order valence-electron chi connectivity index (χ2n) is 10.8. The summed E-state index contributed by atoms with van der Waals surface area (Å²) >= 11 is 6.36. The molecule has 5 rings (SSSR count). The largest absolute Gasteiger partial charge is 0.495 e. The minimum Gasteiger partial charge on any atom is -0.495 e. The average Bonchev–Trinajstić information content (AvgIpc) is 3.48. The maximum atomic E-state index is 15.3. The van der Waals surface area contributed by atoms with E-state index in [0.29, 0.717) is 25.7 Å². The smallest absolute Gasteiger partial charge is 0.342 e. The SMILES string of the molecule is COc1cc(C(=O)N(Cl)C2CCN(C)CC2)c(F)cc1Nc1ncc2c(n1)N(C1CCCC1)CC(F)(F)C(=O)N2C. The quantitative estimate of drug-likeness (QED) is 0.491. The fourth-order valence-corrected chi connectivity index (χ4v) is 6.00. The molecule has 2 aliphatic heterocycles. The third kappa shape index (κ3) is 5.74. The van der Waals surface area contributed by atoms with Crippen molar-refractivity contribution in [3.05, 3.63) is 29.7 Å². The summed E-state index contributed by atoms with van der Waals surface area (Å²) in [5.74, 6) is -6.14. The van der Waals surface area contributed by atoms with E-state index in [0.717, 1.165) is 41.3 Å². The van der Waals surface area contributed by atoms with Crippen molar-refractivity contribution in [1.82, 2.24) is 19.3 Å². The Labute approximate surface area is 241 Å². The van der Waals surface area contributed by atoms with Gasteiger partial charge in [0.1, 0.15) is 17.3 Å². The van der Waals surface area contributed by atoms with Crippen molar-refractivity contribution < 1.29 is 27.5 Å². The van der Waals surface area contributed by atoms with Crippen LogP contribution in [0, 0.1) is 5.82 Å². The Balaban J connectivity index is 1.44. The first-order valence-corrected chi connectivity index (χ1v) is 14.0. The number of nitrogens with zero attached hydrogens (tertiary/aromatic N) is 6. The number of alkyl halides is 2. The lowest BCUT2D eigenvalue weighted by Crippen LogP contribution is -2.48. The van der Waals surface area contributed by atoms with Crippen LogP contribution in [0.2, 0.25) is 0 Å². The molecule has 1 aromatic heterocycles. The number of carbonyl (C=O) groups excluding carboxylic acids is 2. The molecule has 10 nitrogen and oxygen atoms in total. The molecule has 0 bridgehead atoms. The summed E-state index contributed by atoms with van der Waals surface area (Å²) in [6.45, 7) is 0.748. The van der Waals surface area contributed by atoms with Gasteiger partial charge in [-0.15, -0.1) is 0 Å². The van der Waals surface area contributed by atoms with Crippen molar-refractivity contribution in [2.24, 2.45) is 0 Å². The number of anilines is 4. The molecule has 3 aliphatic rings. The number of piperidine rings is 1. The second-order valence-corrected chi connectivity index (χ2v) is 11.2. The molecule has 0 unspecified atom stereocenters. The molecule has 3 heterocycles. The van der Waals surface area contributed by atoms with E-state index in [2.05, 4.69) is 20.2 Å². The van der Waals surface area contributed by atoms with E-state index in [4.69, 9.17) is 16.5 Å². The first-order valence-electron chi connectivity index (χ1n) is 13.6. The van der Waals surface area contributed by atoms with Crippen LogP contribution in [0.4, 0.5) is 36.3 Å². The molecule has 41 heavy (non-hydrogen) atoms. The molecule has 222 valence electrons. The van der Waals surface area contributed by atoms with E-state index in [1.54, 1.807) is 0 Å². The first-order chi connectivity index (χ1) is 19.5. The second kappa shape index (κ2) is 11.5. The van der Waals surface area contributed by atoms with Gasteiger partial charge in [0.2, 0.25) is 5.95 Å². The van der Waals surface area contributed by atoms with E-state index < -0.39 is 30.1 Å². The molecule has 1 saturated heterocycles. The normalized spacial score (nSPS) is 20.1. The van der Waals surface area contributed by atoms with Gasteiger partial charge < -0.3 is 24.8 Å². The highest BCUT2D eigenvalue weighted by atomic mass is 35.5. The fraction of sp³-hybridized carbons (Fsp3) is 0.556. The zero-order valence-corrected chi connectivity index (χ0v) is 23.9. The lowest BCUT2D eigenvalue weighted by Gasteiger charge is -2.33. The fourth-order valence-electron chi connectivity index (χ4n) is 5.71. The number of aromatic nitrogens is 2. The van der Waals surface area contributed by atoms with E-state index >= 15 is 4.39 Å². The minimum absolute atomic E-state index is 0.0140. The lowest BCUT2D eigenvalue weighted by molar-refractivity contribution is -0.140. The van der Waals surface area contributed by atoms with Crippen LogP contribution in [0.3, 0.4) is 0 Å². The Kier molecular flexibility index (Phi) is 8.20. The highest BCUT2D eigenvalue weighted by molar-refractivity contribution is 6.24. The highest BCUT2D eigenvalue weighted by Gasteiger charge is 2.48. The summed E-state index contributed by atoms with van der Waals surface area (Å²) in [6, 6.07) is 1.91. The molecule has 0 atom stereocenters. The molecular weight excluding hydrogens is 563 g/mol. The number of benzene rings is 1. The number of methoxy groups -OCH3 is 1. The van der Waals surface area contributed by atoms with Gasteiger partial charge >= 0.3 is 5.92 Å². The Morgan fingerprint density at radius 1 is 1.17 bits per heavy atom. The number of hydrogen-bond acceptors (Lipinski definition) is 8. The number of ether oxygens (including phenoxy) is 1. The zero-order valence-electron chi connectivity index (χ0n) is 23.2. The number of hydrogen-bond donors (Lipinski definition) is 1. The summed E-state index contributed by atoms with van der Waals surface area (Å²) < 4.78 is 51.5. The van der Waals surface area contributed by atoms with E-state index in [-0.39, 0.29) is 46.5 Å². The number of amides is 2. The summed E-state index contributed by atoms with van der Waals surface area (Å²) in [7, 11) is 4.62. The molecule has 2 fully saturated rings. The van der Waals surface area contributed by atoms with Crippen LogP contribution in [-0.4, -0.2) is 89.9 Å². The van der Waals surface area contributed by atoms with Gasteiger partial charge in [0, 0.05) is 30.9 Å². The number of fused-ring (bicyclic) bond motifs is 1. The van der Waals surface area contributed by atoms with Crippen molar-refractivity contribution in [3.63, 3.8) is 0 Å². The van der Waals surface area contributed by atoms with Crippen molar-refractivity contribution >= 4 is 46.7 Å². The van der Waals surface area contributed by atoms with Crippen molar-refractivity contribution in [1.29, 1.82) is 0 Å². The molecule has 2 amide bonds. The summed E-state index contributed by atoms with van der Waals surface area (Å²) in [5, 5.41) is 2.89. The Hall–Kier alpha value is -3.32. The number of carbonyl (C=O) groups is 2. The van der Waals surface area contributed by atoms with Gasteiger partial charge in [0.25, 0.3) is 11.8 Å². The summed E-state index contributed by atoms with van der Waals surface area (Å²) in [5.41, 5.74) is 0.0245. The zero-order chi connectivity index (χ0) is 29.5. The van der Waals surface area contributed by atoms with Crippen LogP contribution in [0.25, 0.3) is 0 Å². The standard InChI is InChI=1S/C27H33ClF3N7O3/c1-35-10-8-17(9-11-35)38(28)24(39)18-12-22(41-3)20(13-19(18)29)33-26-32-14-21-23(34-26)37(16-6-4-5-7-16)15-27(30,31)25(40)36(21)2/h12-14,16-17H,4-11,15H2,1-3H3,(H,32,33,34). The van der Waals surface area contributed by atoms with Crippen LogP contribution in [0.1, 0.15) is 48.9 Å². The van der Waals surface area contributed by atoms with Crippen LogP contribution in [0.15, 0.2) is 18.3 Å². The molecule has 0 radical (unpaired) electrons. The predicted octanol–water partition coefficient (Wildman–Crippen LogP) is 4.42. The number of halogens is 4. The van der Waals surface area contributed by atoms with Crippen LogP contribution in [0.5, 0.6) is 5.75 Å². The summed E-state index contributed by atoms with van der Waals surface area (Å²) in [6.07, 6.45) is 5.81. The molecule has 1 N–H and O–H groups in total. The van der Waals surface area contributed by atoms with Gasteiger partial charge in [-0.3, -0.25) is 9.59 Å². The average molecular weight is 596 g/mol. The van der Waals surface area contributed by atoms with Crippen molar-refractivity contribution in [3.8, 4) is 5.75 Å². The maximum absolute atomic E-state index is 15.3. The number of likely N-dealkylation sites (tertiary alicyclic amines) is 1. The topological polar surface area (TPSA) is 94.1 Å². The molecule has 14 heteroatoms. The van der Waals surface area contributed by atoms with Crippen molar-refractivity contribution in [2.75, 3.05) is 56.0 Å². The predicted molar refractivity (Wildman–Crippen MR) is 149 cm³/mol. The molecular formula is C27H33ClF3N7O3. The van der Waals surface area contributed by atoms with Crippen molar-refractivity contribution in [2.45, 2.75) is 56.5 Å². The first kappa shape index (κ1) is 29.2. The molecule has 0 spiro atoms. The Morgan fingerprint density at radius 3 is 2.51 bits per heavy atom. The third-order valence-electron chi connectivity index (χ3n) is 8.10. The van der Waals surface area contributed by atoms with Gasteiger partial charge in [-0.25, -0.2) is 13.8 Å². The van der Waals surface area contributed by atoms with Gasteiger partial charge in [0.15, 0.2) is 5.82 Å². The monoisotopic (exact) mass is 595 g/mol. The molecule has 1 saturated carbocycles. The minimum atomic E-state index is -3.61. The van der Waals surface area contributed by atoms with E-state index in [9.17, 15) is 18.4 Å². The molecule has 2 aromatic rings. The van der Waals surface area contributed by atoms with Gasteiger partial charge in [-0.1, -0.05) is 12.8 Å². The van der Waals surface area contributed by atoms with Gasteiger partial charge in [0.05, 0.1) is 37.1 Å². The maximum Gasteiger partial charge on any atom is 0.342 e. The van der Waals surface area contributed by atoms with Crippen LogP contribution >= 0.6 is 11.8 Å². The van der Waals surface area contributed by atoms with Gasteiger partial charge in [-0.2, -0.15) is 13.8 Å². The highest BCUT2D eigenvalue weighted by Crippen LogP contribution is 2.40. The van der Waals surface area contributed by atoms with Gasteiger partial charge in [-0.05, 0) is 51.9 Å². The summed E-state index contributed by atoms with van der Waals surface area (Å²) in [4.78, 5) is 38.8. The van der Waals surface area contributed by atoms with Crippen LogP contribution in [-0.2, 0) is 4.79 Å². The van der Waals surface area contributed by atoms with E-state index in [1.807, 2.05) is 7.05 Å². The lowest BCUT2D eigenvalue weighted by atomic mass is 10.0. The molecule has 1 aromatic carbocycles. The molecule has 1 aliphatic carbocycles. The Bertz CT molecular complexity index is 1320. The number of nitrogens with one attached hydrogen (secondary N) is 1. The van der Waals surface area contributed by atoms with E-state index in [1.165, 1.54) is 31.3 Å². The third-order valence-corrected chi connectivity index (χ3v) is 8.53. The van der Waals surface area contributed by atoms with Crippen LogP contribution < -0.4 is 19.9 Å². The Morgan fingerprint density at radius 2 is 1.85 bits per heavy atom. The number of rotatable bonds is 6.